The summed E-state index contributed by atoms with van der Waals surface area (Å²) in [7, 11) is 1.66. The molecule has 0 saturated carbocycles. The van der Waals surface area contributed by atoms with E-state index in [4.69, 9.17) is 9.47 Å². The quantitative estimate of drug-likeness (QED) is 0.722. The van der Waals surface area contributed by atoms with E-state index >= 15 is 0 Å². The van der Waals surface area contributed by atoms with Crippen LogP contribution in [0.2, 0.25) is 0 Å². The Morgan fingerprint density at radius 2 is 1.69 bits per heavy atom. The van der Waals surface area contributed by atoms with Crippen molar-refractivity contribution in [3.05, 3.63) is 59.9 Å². The van der Waals surface area contributed by atoms with Gasteiger partial charge in [0.2, 0.25) is 0 Å². The van der Waals surface area contributed by atoms with Crippen molar-refractivity contribution in [2.75, 3.05) is 33.4 Å². The molecule has 0 spiro atoms. The van der Waals surface area contributed by atoms with E-state index < -0.39 is 0 Å². The summed E-state index contributed by atoms with van der Waals surface area (Å²) in [6.45, 7) is 5.99. The summed E-state index contributed by atoms with van der Waals surface area (Å²) in [6.07, 6.45) is 1.08. The summed E-state index contributed by atoms with van der Waals surface area (Å²) in [6, 6.07) is 14.6. The number of piperidine rings is 1. The summed E-state index contributed by atoms with van der Waals surface area (Å²) < 4.78 is 24.5. The highest BCUT2D eigenvalue weighted by atomic mass is 35.5. The molecule has 1 saturated heterocycles. The summed E-state index contributed by atoms with van der Waals surface area (Å²) in [5, 5.41) is 0. The Bertz CT molecular complexity index is 663. The number of ether oxygens (including phenoxy) is 2. The van der Waals surface area contributed by atoms with Gasteiger partial charge in [0, 0.05) is 12.5 Å². The van der Waals surface area contributed by atoms with E-state index in [1.54, 1.807) is 19.2 Å². The molecule has 0 radical (unpaired) electrons. The van der Waals surface area contributed by atoms with Gasteiger partial charge in [-0.3, -0.25) is 0 Å². The minimum Gasteiger partial charge on any atom is -0.497 e. The smallest absolute Gasteiger partial charge is 0.123 e. The van der Waals surface area contributed by atoms with Gasteiger partial charge in [-0.05, 0) is 67.4 Å². The maximum absolute atomic E-state index is 13.3. The van der Waals surface area contributed by atoms with Gasteiger partial charge in [0.25, 0.3) is 0 Å². The fraction of sp³-hybridized carbons (Fsp3) is 0.429. The van der Waals surface area contributed by atoms with E-state index in [2.05, 4.69) is 11.8 Å². The summed E-state index contributed by atoms with van der Waals surface area (Å²) >= 11 is 0. The second kappa shape index (κ2) is 9.79. The molecule has 5 heteroatoms. The number of rotatable bonds is 6. The van der Waals surface area contributed by atoms with Crippen LogP contribution in [0.15, 0.2) is 48.5 Å². The third-order valence-electron chi connectivity index (χ3n) is 5.09. The minimum atomic E-state index is -0.180. The van der Waals surface area contributed by atoms with E-state index in [9.17, 15) is 4.39 Å². The monoisotopic (exact) mass is 379 g/mol. The molecule has 1 aliphatic rings. The highest BCUT2D eigenvalue weighted by molar-refractivity contribution is 5.85. The Morgan fingerprint density at radius 3 is 2.31 bits per heavy atom. The zero-order valence-corrected chi connectivity index (χ0v) is 16.2. The Kier molecular flexibility index (Phi) is 7.73. The van der Waals surface area contributed by atoms with Crippen molar-refractivity contribution in [3.8, 4) is 11.5 Å². The van der Waals surface area contributed by atoms with Gasteiger partial charge in [-0.25, -0.2) is 4.39 Å². The molecule has 0 bridgehead atoms. The number of nitrogens with zero attached hydrogens (tertiary/aromatic N) is 1. The molecule has 2 atom stereocenters. The van der Waals surface area contributed by atoms with Gasteiger partial charge in [-0.1, -0.05) is 19.1 Å². The van der Waals surface area contributed by atoms with Crippen molar-refractivity contribution >= 4 is 12.4 Å². The lowest BCUT2D eigenvalue weighted by Gasteiger charge is -2.38. The molecule has 0 amide bonds. The minimum absolute atomic E-state index is 0. The van der Waals surface area contributed by atoms with Gasteiger partial charge in [0.05, 0.1) is 13.7 Å². The third-order valence-corrected chi connectivity index (χ3v) is 5.09. The highest BCUT2D eigenvalue weighted by Gasteiger charge is 2.30. The van der Waals surface area contributed by atoms with Crippen molar-refractivity contribution in [1.29, 1.82) is 0 Å². The average Bonchev–Trinajstić information content (AvgIpc) is 2.67. The Labute approximate surface area is 161 Å². The second-order valence-electron chi connectivity index (χ2n) is 6.59. The number of hydrogen-bond acceptors (Lipinski definition) is 3. The molecular weight excluding hydrogens is 353 g/mol. The zero-order chi connectivity index (χ0) is 17.6. The molecular formula is C21H27ClFNO2. The predicted molar refractivity (Wildman–Crippen MR) is 105 cm³/mol. The highest BCUT2D eigenvalue weighted by Crippen LogP contribution is 2.33. The van der Waals surface area contributed by atoms with E-state index in [-0.39, 0.29) is 18.2 Å². The Hall–Kier alpha value is -1.78. The molecule has 0 aromatic heterocycles. The normalized spacial score (nSPS) is 20.3. The second-order valence-corrected chi connectivity index (χ2v) is 6.59. The van der Waals surface area contributed by atoms with E-state index in [1.807, 2.05) is 36.4 Å². The van der Waals surface area contributed by atoms with E-state index in [0.717, 1.165) is 37.6 Å². The lowest BCUT2D eigenvalue weighted by atomic mass is 9.81. The number of halogens is 2. The number of methoxy groups -OCH3 is 1. The van der Waals surface area contributed by atoms with Gasteiger partial charge >= 0.3 is 0 Å². The fourth-order valence-electron chi connectivity index (χ4n) is 3.59. The molecule has 1 fully saturated rings. The van der Waals surface area contributed by atoms with Crippen LogP contribution in [-0.4, -0.2) is 38.3 Å². The maximum Gasteiger partial charge on any atom is 0.123 e. The SMILES string of the molecule is CCN1CCC(c2ccc(F)cc2)C(COc2ccc(OC)cc2)C1.Cl. The molecule has 0 aliphatic carbocycles. The van der Waals surface area contributed by atoms with Crippen molar-refractivity contribution < 1.29 is 13.9 Å². The van der Waals surface area contributed by atoms with Gasteiger partial charge < -0.3 is 14.4 Å². The lowest BCUT2D eigenvalue weighted by molar-refractivity contribution is 0.115. The molecule has 3 rings (SSSR count). The first kappa shape index (κ1) is 20.5. The van der Waals surface area contributed by atoms with Crippen molar-refractivity contribution in [1.82, 2.24) is 4.90 Å². The van der Waals surface area contributed by atoms with Crippen LogP contribution in [0.4, 0.5) is 4.39 Å². The van der Waals surface area contributed by atoms with Gasteiger partial charge in [0.15, 0.2) is 0 Å². The van der Waals surface area contributed by atoms with Crippen molar-refractivity contribution in [2.24, 2.45) is 5.92 Å². The first-order valence-electron chi connectivity index (χ1n) is 8.94. The first-order valence-corrected chi connectivity index (χ1v) is 8.94. The standard InChI is InChI=1S/C21H26FNO2.ClH/c1-3-23-13-12-21(16-4-6-18(22)7-5-16)17(14-23)15-25-20-10-8-19(24-2)9-11-20;/h4-11,17,21H,3,12-15H2,1-2H3;1H. The number of benzene rings is 2. The van der Waals surface area contributed by atoms with Crippen LogP contribution in [0, 0.1) is 11.7 Å². The molecule has 1 aliphatic heterocycles. The van der Waals surface area contributed by atoms with Crippen LogP contribution in [0.25, 0.3) is 0 Å². The lowest BCUT2D eigenvalue weighted by Crippen LogP contribution is -2.41. The van der Waals surface area contributed by atoms with Crippen molar-refractivity contribution in [3.63, 3.8) is 0 Å². The summed E-state index contributed by atoms with van der Waals surface area (Å²) in [4.78, 5) is 2.46. The molecule has 2 aromatic rings. The molecule has 0 N–H and O–H groups in total. The first-order chi connectivity index (χ1) is 12.2. The van der Waals surface area contributed by atoms with E-state index in [1.165, 1.54) is 5.56 Å². The van der Waals surface area contributed by atoms with E-state index in [0.29, 0.717) is 18.4 Å². The maximum atomic E-state index is 13.3. The van der Waals surface area contributed by atoms with Gasteiger partial charge in [0.1, 0.15) is 17.3 Å². The van der Waals surface area contributed by atoms with Gasteiger partial charge in [-0.2, -0.15) is 0 Å². The molecule has 3 nitrogen and oxygen atoms in total. The van der Waals surface area contributed by atoms with Crippen LogP contribution in [0.3, 0.4) is 0 Å². The molecule has 142 valence electrons. The topological polar surface area (TPSA) is 21.7 Å². The Morgan fingerprint density at radius 1 is 1.04 bits per heavy atom. The molecule has 2 aromatic carbocycles. The van der Waals surface area contributed by atoms with Crippen LogP contribution in [0.5, 0.6) is 11.5 Å². The van der Waals surface area contributed by atoms with Crippen LogP contribution >= 0.6 is 12.4 Å². The largest absolute Gasteiger partial charge is 0.497 e. The fourth-order valence-corrected chi connectivity index (χ4v) is 3.59. The van der Waals surface area contributed by atoms with Crippen molar-refractivity contribution in [2.45, 2.75) is 19.3 Å². The molecule has 26 heavy (non-hydrogen) atoms. The Balaban J connectivity index is 0.00000243. The molecule has 1 heterocycles. The third kappa shape index (κ3) is 5.12. The summed E-state index contributed by atoms with van der Waals surface area (Å²) in [5.74, 6) is 2.29. The number of hydrogen-bond donors (Lipinski definition) is 0. The average molecular weight is 380 g/mol. The summed E-state index contributed by atoms with van der Waals surface area (Å²) in [5.41, 5.74) is 1.21. The molecule has 2 unspecified atom stereocenters. The predicted octanol–water partition coefficient (Wildman–Crippen LogP) is 4.76. The van der Waals surface area contributed by atoms with Gasteiger partial charge in [-0.15, -0.1) is 12.4 Å². The van der Waals surface area contributed by atoms with Crippen LogP contribution in [-0.2, 0) is 0 Å². The number of likely N-dealkylation sites (tertiary alicyclic amines) is 1. The van der Waals surface area contributed by atoms with Crippen LogP contribution in [0.1, 0.15) is 24.8 Å². The zero-order valence-electron chi connectivity index (χ0n) is 15.4. The van der Waals surface area contributed by atoms with Crippen LogP contribution < -0.4 is 9.47 Å².